The summed E-state index contributed by atoms with van der Waals surface area (Å²) in [6.07, 6.45) is 6.96. The number of nitrogens with one attached hydrogen (secondary N) is 1. The average Bonchev–Trinajstić information content (AvgIpc) is 2.79. The van der Waals surface area contributed by atoms with Crippen molar-refractivity contribution >= 4 is 17.5 Å². The van der Waals surface area contributed by atoms with Crippen molar-refractivity contribution in [3.63, 3.8) is 0 Å². The SMILES string of the molecule is O=C(c1ccc(NCc2ccncc2)nc1)N1CCN(c2ccccn2)CC1. The van der Waals surface area contributed by atoms with Gasteiger partial charge in [0, 0.05) is 57.5 Å². The van der Waals surface area contributed by atoms with Crippen LogP contribution >= 0.6 is 0 Å². The second kappa shape index (κ2) is 8.47. The molecule has 1 aliphatic heterocycles. The second-order valence-corrected chi connectivity index (χ2v) is 6.61. The number of rotatable bonds is 5. The predicted octanol–water partition coefficient (Wildman–Crippen LogP) is 2.45. The van der Waals surface area contributed by atoms with Crippen LogP contribution in [0.4, 0.5) is 11.6 Å². The monoisotopic (exact) mass is 374 g/mol. The van der Waals surface area contributed by atoms with Crippen LogP contribution in [-0.4, -0.2) is 51.9 Å². The van der Waals surface area contributed by atoms with Gasteiger partial charge in [0.2, 0.25) is 0 Å². The summed E-state index contributed by atoms with van der Waals surface area (Å²) < 4.78 is 0. The number of pyridine rings is 3. The molecule has 0 unspecified atom stereocenters. The molecule has 0 radical (unpaired) electrons. The molecule has 7 nitrogen and oxygen atoms in total. The zero-order chi connectivity index (χ0) is 19.2. The van der Waals surface area contributed by atoms with Gasteiger partial charge in [0.1, 0.15) is 11.6 Å². The Morgan fingerprint density at radius 3 is 2.43 bits per heavy atom. The molecule has 0 aliphatic carbocycles. The van der Waals surface area contributed by atoms with Crippen LogP contribution in [0.15, 0.2) is 67.3 Å². The van der Waals surface area contributed by atoms with E-state index >= 15 is 0 Å². The minimum Gasteiger partial charge on any atom is -0.366 e. The first-order valence-electron chi connectivity index (χ1n) is 9.34. The predicted molar refractivity (Wildman–Crippen MR) is 108 cm³/mol. The third kappa shape index (κ3) is 4.25. The van der Waals surface area contributed by atoms with Crippen LogP contribution in [0.25, 0.3) is 0 Å². The van der Waals surface area contributed by atoms with Crippen molar-refractivity contribution in [3.8, 4) is 0 Å². The molecular formula is C21H22N6O. The number of hydrogen-bond donors (Lipinski definition) is 1. The largest absolute Gasteiger partial charge is 0.366 e. The molecule has 0 aromatic carbocycles. The van der Waals surface area contributed by atoms with Gasteiger partial charge in [-0.3, -0.25) is 9.78 Å². The lowest BCUT2D eigenvalue weighted by Crippen LogP contribution is -2.49. The summed E-state index contributed by atoms with van der Waals surface area (Å²) >= 11 is 0. The Bertz CT molecular complexity index is 893. The van der Waals surface area contributed by atoms with E-state index in [2.05, 4.69) is 25.2 Å². The maximum atomic E-state index is 12.8. The fourth-order valence-corrected chi connectivity index (χ4v) is 3.18. The molecule has 142 valence electrons. The first kappa shape index (κ1) is 17.9. The number of amides is 1. The highest BCUT2D eigenvalue weighted by Crippen LogP contribution is 2.15. The molecule has 4 rings (SSSR count). The summed E-state index contributed by atoms with van der Waals surface area (Å²) in [7, 11) is 0. The van der Waals surface area contributed by atoms with Crippen LogP contribution in [0, 0.1) is 0 Å². The molecule has 1 N–H and O–H groups in total. The Morgan fingerprint density at radius 1 is 0.929 bits per heavy atom. The van der Waals surface area contributed by atoms with Gasteiger partial charge in [-0.2, -0.15) is 0 Å². The van der Waals surface area contributed by atoms with Gasteiger partial charge in [0.05, 0.1) is 5.56 Å². The molecule has 1 saturated heterocycles. The van der Waals surface area contributed by atoms with E-state index in [1.807, 2.05) is 47.4 Å². The van der Waals surface area contributed by atoms with Gasteiger partial charge in [-0.25, -0.2) is 9.97 Å². The minimum atomic E-state index is 0.0221. The van der Waals surface area contributed by atoms with Gasteiger partial charge in [0.25, 0.3) is 5.91 Å². The summed E-state index contributed by atoms with van der Waals surface area (Å²) in [5, 5.41) is 3.25. The Hall–Kier alpha value is -3.48. The summed E-state index contributed by atoms with van der Waals surface area (Å²) in [4.78, 5) is 29.6. The van der Waals surface area contributed by atoms with Crippen LogP contribution in [0.3, 0.4) is 0 Å². The molecule has 28 heavy (non-hydrogen) atoms. The Balaban J connectivity index is 1.31. The zero-order valence-electron chi connectivity index (χ0n) is 15.5. The molecular weight excluding hydrogens is 352 g/mol. The number of piperazine rings is 1. The normalized spacial score (nSPS) is 14.0. The fraction of sp³-hybridized carbons (Fsp3) is 0.238. The number of carbonyl (C=O) groups is 1. The summed E-state index contributed by atoms with van der Waals surface area (Å²) in [5.74, 6) is 1.73. The maximum absolute atomic E-state index is 12.8. The van der Waals surface area contributed by atoms with Crippen molar-refractivity contribution in [2.24, 2.45) is 0 Å². The fourth-order valence-electron chi connectivity index (χ4n) is 3.18. The summed E-state index contributed by atoms with van der Waals surface area (Å²) in [6.45, 7) is 3.58. The van der Waals surface area contributed by atoms with Crippen molar-refractivity contribution < 1.29 is 4.79 Å². The lowest BCUT2D eigenvalue weighted by molar-refractivity contribution is 0.0746. The maximum Gasteiger partial charge on any atom is 0.255 e. The van der Waals surface area contributed by atoms with E-state index in [1.54, 1.807) is 24.8 Å². The van der Waals surface area contributed by atoms with Gasteiger partial charge in [-0.15, -0.1) is 0 Å². The number of anilines is 2. The second-order valence-electron chi connectivity index (χ2n) is 6.61. The van der Waals surface area contributed by atoms with E-state index in [1.165, 1.54) is 0 Å². The van der Waals surface area contributed by atoms with E-state index in [-0.39, 0.29) is 5.91 Å². The van der Waals surface area contributed by atoms with Crippen molar-refractivity contribution in [1.29, 1.82) is 0 Å². The molecule has 1 amide bonds. The molecule has 3 aromatic rings. The molecule has 0 atom stereocenters. The molecule has 4 heterocycles. The van der Waals surface area contributed by atoms with Gasteiger partial charge in [-0.05, 0) is 42.0 Å². The molecule has 0 bridgehead atoms. The number of carbonyl (C=O) groups excluding carboxylic acids is 1. The molecule has 7 heteroatoms. The third-order valence-corrected chi connectivity index (χ3v) is 4.77. The van der Waals surface area contributed by atoms with Crippen LogP contribution < -0.4 is 10.2 Å². The van der Waals surface area contributed by atoms with E-state index in [9.17, 15) is 4.79 Å². The lowest BCUT2D eigenvalue weighted by Gasteiger charge is -2.35. The van der Waals surface area contributed by atoms with Crippen molar-refractivity contribution in [3.05, 3.63) is 78.4 Å². The van der Waals surface area contributed by atoms with E-state index < -0.39 is 0 Å². The summed E-state index contributed by atoms with van der Waals surface area (Å²) in [6, 6.07) is 13.5. The third-order valence-electron chi connectivity index (χ3n) is 4.77. The first-order chi connectivity index (χ1) is 13.8. The number of hydrogen-bond acceptors (Lipinski definition) is 6. The highest BCUT2D eigenvalue weighted by atomic mass is 16.2. The zero-order valence-corrected chi connectivity index (χ0v) is 15.5. The number of nitrogens with zero attached hydrogens (tertiary/aromatic N) is 5. The van der Waals surface area contributed by atoms with Gasteiger partial charge in [-0.1, -0.05) is 6.07 Å². The van der Waals surface area contributed by atoms with Crippen molar-refractivity contribution in [2.45, 2.75) is 6.54 Å². The van der Waals surface area contributed by atoms with Crippen LogP contribution in [0.1, 0.15) is 15.9 Å². The molecule has 0 spiro atoms. The summed E-state index contributed by atoms with van der Waals surface area (Å²) in [5.41, 5.74) is 1.74. The topological polar surface area (TPSA) is 74.2 Å². The van der Waals surface area contributed by atoms with Crippen molar-refractivity contribution in [2.75, 3.05) is 36.4 Å². The van der Waals surface area contributed by atoms with Crippen LogP contribution in [0.2, 0.25) is 0 Å². The van der Waals surface area contributed by atoms with Gasteiger partial charge in [0.15, 0.2) is 0 Å². The van der Waals surface area contributed by atoms with Crippen molar-refractivity contribution in [1.82, 2.24) is 19.9 Å². The average molecular weight is 374 g/mol. The van der Waals surface area contributed by atoms with E-state index in [4.69, 9.17) is 0 Å². The van der Waals surface area contributed by atoms with Gasteiger partial charge >= 0.3 is 0 Å². The first-order valence-corrected chi connectivity index (χ1v) is 9.34. The lowest BCUT2D eigenvalue weighted by atomic mass is 10.2. The van der Waals surface area contributed by atoms with E-state index in [0.29, 0.717) is 25.2 Å². The highest BCUT2D eigenvalue weighted by molar-refractivity contribution is 5.94. The molecule has 0 saturated carbocycles. The molecule has 1 fully saturated rings. The molecule has 3 aromatic heterocycles. The Labute approximate surface area is 164 Å². The van der Waals surface area contributed by atoms with Gasteiger partial charge < -0.3 is 15.1 Å². The smallest absolute Gasteiger partial charge is 0.255 e. The highest BCUT2D eigenvalue weighted by Gasteiger charge is 2.22. The Kier molecular flexibility index (Phi) is 5.42. The quantitative estimate of drug-likeness (QED) is 0.739. The minimum absolute atomic E-state index is 0.0221. The van der Waals surface area contributed by atoms with E-state index in [0.717, 1.165) is 30.3 Å². The number of aromatic nitrogens is 3. The van der Waals surface area contributed by atoms with Crippen LogP contribution in [-0.2, 0) is 6.54 Å². The molecule has 1 aliphatic rings. The Morgan fingerprint density at radius 2 is 1.75 bits per heavy atom. The standard InChI is InChI=1S/C21H22N6O/c28-21(27-13-11-26(12-14-27)20-3-1-2-8-23-20)18-4-5-19(25-16-18)24-15-17-6-9-22-10-7-17/h1-10,16H,11-15H2,(H,24,25). The van der Waals surface area contributed by atoms with Crippen LogP contribution in [0.5, 0.6) is 0 Å².